The topological polar surface area (TPSA) is 41.4 Å². The lowest BCUT2D eigenvalue weighted by molar-refractivity contribution is 0.0666. The van der Waals surface area contributed by atoms with E-state index >= 15 is 0 Å². The van der Waals surface area contributed by atoms with Crippen molar-refractivity contribution in [2.24, 2.45) is 5.92 Å². The molecule has 5 nitrogen and oxygen atoms in total. The minimum atomic E-state index is -0.200. The highest BCUT2D eigenvalue weighted by Gasteiger charge is 2.48. The van der Waals surface area contributed by atoms with Crippen molar-refractivity contribution in [3.05, 3.63) is 47.5 Å². The Morgan fingerprint density at radius 2 is 2.14 bits per heavy atom. The molecular weight excluding hydrogens is 367 g/mol. The quantitative estimate of drug-likeness (QED) is 0.773. The highest BCUT2D eigenvalue weighted by atomic mass is 19.1. The Labute approximate surface area is 172 Å². The molecule has 0 radical (unpaired) electrons. The third kappa shape index (κ3) is 3.53. The number of likely N-dealkylation sites (tertiary alicyclic amines) is 1. The van der Waals surface area contributed by atoms with Crippen LogP contribution in [0.3, 0.4) is 0 Å². The van der Waals surface area contributed by atoms with Gasteiger partial charge in [-0.2, -0.15) is 5.10 Å². The van der Waals surface area contributed by atoms with Gasteiger partial charge >= 0.3 is 0 Å². The molecule has 1 amide bonds. The van der Waals surface area contributed by atoms with E-state index in [0.29, 0.717) is 12.0 Å². The first-order valence-corrected chi connectivity index (χ1v) is 10.7. The molecule has 6 heteroatoms. The summed E-state index contributed by atoms with van der Waals surface area (Å²) in [6.07, 6.45) is 4.61. The van der Waals surface area contributed by atoms with Gasteiger partial charge in [-0.3, -0.25) is 9.48 Å². The summed E-state index contributed by atoms with van der Waals surface area (Å²) in [5, 5.41) is 4.40. The van der Waals surface area contributed by atoms with E-state index in [1.54, 1.807) is 18.3 Å². The summed E-state index contributed by atoms with van der Waals surface area (Å²) in [5.41, 5.74) is 2.55. The molecule has 0 saturated carbocycles. The molecule has 0 N–H and O–H groups in total. The van der Waals surface area contributed by atoms with E-state index in [0.717, 1.165) is 55.8 Å². The van der Waals surface area contributed by atoms with Crippen LogP contribution in [0, 0.1) is 18.7 Å². The van der Waals surface area contributed by atoms with Crippen molar-refractivity contribution in [3.8, 4) is 0 Å². The zero-order chi connectivity index (χ0) is 20.8. The number of aryl methyl sites for hydroxylation is 1. The van der Waals surface area contributed by atoms with Gasteiger partial charge in [-0.25, -0.2) is 4.39 Å². The smallest absolute Gasteiger partial charge is 0.257 e. The summed E-state index contributed by atoms with van der Waals surface area (Å²) in [4.78, 5) is 17.6. The first-order chi connectivity index (χ1) is 13.8. The molecule has 0 bridgehead atoms. The van der Waals surface area contributed by atoms with Crippen LogP contribution in [0.2, 0.25) is 0 Å². The van der Waals surface area contributed by atoms with Crippen molar-refractivity contribution in [2.75, 3.05) is 18.0 Å². The van der Waals surface area contributed by atoms with Crippen molar-refractivity contribution in [3.63, 3.8) is 0 Å². The van der Waals surface area contributed by atoms with Gasteiger partial charge in [-0.1, -0.05) is 13.0 Å². The van der Waals surface area contributed by atoms with Crippen LogP contribution >= 0.6 is 0 Å². The molecule has 2 fully saturated rings. The Bertz CT molecular complexity index is 906. The van der Waals surface area contributed by atoms with E-state index in [1.165, 1.54) is 6.07 Å². The summed E-state index contributed by atoms with van der Waals surface area (Å²) in [6, 6.07) is 7.24. The molecule has 2 atom stereocenters. The maximum Gasteiger partial charge on any atom is 0.257 e. The molecule has 2 saturated heterocycles. The van der Waals surface area contributed by atoms with Crippen molar-refractivity contribution >= 4 is 11.6 Å². The largest absolute Gasteiger partial charge is 0.363 e. The normalized spacial score (nSPS) is 23.3. The number of halogens is 1. The summed E-state index contributed by atoms with van der Waals surface area (Å²) >= 11 is 0. The second-order valence-electron chi connectivity index (χ2n) is 9.10. The molecule has 2 aliphatic rings. The van der Waals surface area contributed by atoms with Crippen LogP contribution in [0.5, 0.6) is 0 Å². The Morgan fingerprint density at radius 3 is 2.86 bits per heavy atom. The minimum absolute atomic E-state index is 0.0654. The fourth-order valence-electron chi connectivity index (χ4n) is 5.36. The van der Waals surface area contributed by atoms with Crippen LogP contribution in [0.1, 0.15) is 56.1 Å². The lowest BCUT2D eigenvalue weighted by Gasteiger charge is -2.41. The van der Waals surface area contributed by atoms with Gasteiger partial charge in [0.1, 0.15) is 5.82 Å². The van der Waals surface area contributed by atoms with Crippen LogP contribution in [0.25, 0.3) is 0 Å². The molecule has 0 unspecified atom stereocenters. The summed E-state index contributed by atoms with van der Waals surface area (Å²) in [7, 11) is 0. The van der Waals surface area contributed by atoms with Gasteiger partial charge in [0.25, 0.3) is 5.91 Å². The molecule has 2 aliphatic heterocycles. The van der Waals surface area contributed by atoms with Crippen LogP contribution in [0.4, 0.5) is 10.1 Å². The average Bonchev–Trinajstić information content (AvgIpc) is 3.16. The van der Waals surface area contributed by atoms with Gasteiger partial charge in [-0.15, -0.1) is 0 Å². The molecule has 3 heterocycles. The molecule has 29 heavy (non-hydrogen) atoms. The fourth-order valence-corrected chi connectivity index (χ4v) is 5.36. The van der Waals surface area contributed by atoms with Crippen molar-refractivity contribution in [2.45, 2.75) is 65.1 Å². The van der Waals surface area contributed by atoms with E-state index < -0.39 is 0 Å². The highest BCUT2D eigenvalue weighted by molar-refractivity contribution is 5.95. The molecule has 4 rings (SSSR count). The number of hydrogen-bond donors (Lipinski definition) is 0. The number of benzene rings is 1. The number of carbonyl (C=O) groups is 1. The Kier molecular flexibility index (Phi) is 5.13. The van der Waals surface area contributed by atoms with Crippen LogP contribution in [-0.4, -0.2) is 45.3 Å². The fraction of sp³-hybridized carbons (Fsp3) is 0.565. The Balaban J connectivity index is 1.53. The Morgan fingerprint density at radius 1 is 1.34 bits per heavy atom. The number of nitrogens with zero attached hydrogens (tertiary/aromatic N) is 4. The number of aromatic nitrogens is 2. The van der Waals surface area contributed by atoms with E-state index in [9.17, 15) is 9.18 Å². The molecule has 156 valence electrons. The SMILES string of the molecule is CCCn1ncc(C(=O)N2CC[C@H]3[C@@H](C2)CC(C)(C)N3c2cccc(F)c2)c1C. The second-order valence-corrected chi connectivity index (χ2v) is 9.10. The average molecular weight is 399 g/mol. The summed E-state index contributed by atoms with van der Waals surface area (Å²) in [5.74, 6) is 0.274. The number of rotatable bonds is 4. The number of piperidine rings is 1. The maximum atomic E-state index is 13.9. The first-order valence-electron chi connectivity index (χ1n) is 10.7. The van der Waals surface area contributed by atoms with E-state index in [2.05, 4.69) is 30.8 Å². The zero-order valence-corrected chi connectivity index (χ0v) is 17.9. The van der Waals surface area contributed by atoms with Gasteiger partial charge in [0.05, 0.1) is 11.8 Å². The third-order valence-corrected chi connectivity index (χ3v) is 6.58. The lowest BCUT2D eigenvalue weighted by atomic mass is 9.89. The number of amides is 1. The van der Waals surface area contributed by atoms with Gasteiger partial charge < -0.3 is 9.80 Å². The van der Waals surface area contributed by atoms with Crippen LogP contribution < -0.4 is 4.90 Å². The lowest BCUT2D eigenvalue weighted by Crippen LogP contribution is -2.50. The number of fused-ring (bicyclic) bond motifs is 1. The van der Waals surface area contributed by atoms with Crippen molar-refractivity contribution < 1.29 is 9.18 Å². The molecule has 1 aromatic carbocycles. The minimum Gasteiger partial charge on any atom is -0.363 e. The van der Waals surface area contributed by atoms with Crippen molar-refractivity contribution in [1.82, 2.24) is 14.7 Å². The van der Waals surface area contributed by atoms with E-state index in [1.807, 2.05) is 22.6 Å². The van der Waals surface area contributed by atoms with Crippen molar-refractivity contribution in [1.29, 1.82) is 0 Å². The molecule has 0 spiro atoms. The zero-order valence-electron chi connectivity index (χ0n) is 17.9. The number of carbonyl (C=O) groups excluding carboxylic acids is 1. The monoisotopic (exact) mass is 398 g/mol. The van der Waals surface area contributed by atoms with Gasteiger partial charge in [0, 0.05) is 42.6 Å². The van der Waals surface area contributed by atoms with Crippen LogP contribution in [-0.2, 0) is 6.54 Å². The highest BCUT2D eigenvalue weighted by Crippen LogP contribution is 2.44. The van der Waals surface area contributed by atoms with Gasteiger partial charge in [-0.05, 0) is 64.2 Å². The predicted octanol–water partition coefficient (Wildman–Crippen LogP) is 4.26. The molecule has 2 aromatic rings. The van der Waals surface area contributed by atoms with Crippen LogP contribution in [0.15, 0.2) is 30.5 Å². The number of hydrogen-bond acceptors (Lipinski definition) is 3. The Hall–Kier alpha value is -2.37. The summed E-state index contributed by atoms with van der Waals surface area (Å²) < 4.78 is 15.8. The summed E-state index contributed by atoms with van der Waals surface area (Å²) in [6.45, 7) is 10.8. The maximum absolute atomic E-state index is 13.9. The van der Waals surface area contributed by atoms with Gasteiger partial charge in [0.2, 0.25) is 0 Å². The first kappa shape index (κ1) is 19.9. The molecule has 0 aliphatic carbocycles. The predicted molar refractivity (Wildman–Crippen MR) is 113 cm³/mol. The third-order valence-electron chi connectivity index (χ3n) is 6.58. The second kappa shape index (κ2) is 7.47. The molecular formula is C23H31FN4O. The van der Waals surface area contributed by atoms with Gasteiger partial charge in [0.15, 0.2) is 0 Å². The number of anilines is 1. The van der Waals surface area contributed by atoms with E-state index in [-0.39, 0.29) is 17.3 Å². The van der Waals surface area contributed by atoms with E-state index in [4.69, 9.17) is 0 Å². The molecule has 1 aromatic heterocycles. The standard InChI is InChI=1S/C23H31FN4O/c1-5-10-27-16(2)20(14-25-27)22(29)26-11-9-21-17(15-26)13-23(3,4)28(21)19-8-6-7-18(24)12-19/h6-8,12,14,17,21H,5,9-11,13,15H2,1-4H3/t17-,21+/m1/s1.